The number of fused-ring (bicyclic) bond motifs is 5. The number of nitrogens with zero attached hydrogens (tertiary/aromatic N) is 1. The molecular formula is C36H43N. The summed E-state index contributed by atoms with van der Waals surface area (Å²) in [5.41, 5.74) is 9.45. The summed E-state index contributed by atoms with van der Waals surface area (Å²) in [6.45, 7) is 15.0. The molecule has 0 unspecified atom stereocenters. The highest BCUT2D eigenvalue weighted by Gasteiger charge is 2.27. The van der Waals surface area contributed by atoms with Crippen molar-refractivity contribution in [3.8, 4) is 0 Å². The molecule has 2 aromatic carbocycles. The summed E-state index contributed by atoms with van der Waals surface area (Å²) in [5, 5.41) is 4.07. The van der Waals surface area contributed by atoms with Crippen LogP contribution in [0.4, 0.5) is 0 Å². The first-order valence-electron chi connectivity index (χ1n) is 14.3. The molecule has 0 bridgehead atoms. The minimum atomic E-state index is -0.0672. The highest BCUT2D eigenvalue weighted by molar-refractivity contribution is 5.87. The van der Waals surface area contributed by atoms with Crippen molar-refractivity contribution in [2.75, 3.05) is 0 Å². The smallest absolute Gasteiger partial charge is 0.0540 e. The van der Waals surface area contributed by atoms with Gasteiger partial charge in [-0.1, -0.05) is 114 Å². The molecule has 0 fully saturated rings. The average Bonchev–Trinajstić information content (AvgIpc) is 3.29. The van der Waals surface area contributed by atoms with Gasteiger partial charge < -0.3 is 4.57 Å². The van der Waals surface area contributed by atoms with Crippen molar-refractivity contribution < 1.29 is 0 Å². The van der Waals surface area contributed by atoms with Gasteiger partial charge in [-0.15, -0.1) is 0 Å². The summed E-state index contributed by atoms with van der Waals surface area (Å²) in [4.78, 5) is 0. The Morgan fingerprint density at radius 3 is 2.41 bits per heavy atom. The number of hydrogen-bond acceptors (Lipinski definition) is 0. The zero-order valence-corrected chi connectivity index (χ0v) is 23.9. The van der Waals surface area contributed by atoms with E-state index in [0.29, 0.717) is 0 Å². The number of hydrogen-bond donors (Lipinski definition) is 0. The summed E-state index contributed by atoms with van der Waals surface area (Å²) >= 11 is 0. The summed E-state index contributed by atoms with van der Waals surface area (Å²) < 4.78 is 2.47. The molecule has 0 atom stereocenters. The second-order valence-corrected chi connectivity index (χ2v) is 10.1. The Kier molecular flexibility index (Phi) is 8.22. The van der Waals surface area contributed by atoms with Crippen LogP contribution < -0.4 is 10.6 Å². The van der Waals surface area contributed by atoms with Crippen LogP contribution in [0.3, 0.4) is 0 Å². The van der Waals surface area contributed by atoms with Crippen molar-refractivity contribution in [3.05, 3.63) is 99.1 Å². The summed E-state index contributed by atoms with van der Waals surface area (Å²) in [6.07, 6.45) is 23.2. The van der Waals surface area contributed by atoms with Crippen LogP contribution in [-0.4, -0.2) is 4.57 Å². The highest BCUT2D eigenvalue weighted by atomic mass is 15.0. The van der Waals surface area contributed by atoms with Gasteiger partial charge in [-0.05, 0) is 73.1 Å². The molecule has 1 aromatic heterocycles. The van der Waals surface area contributed by atoms with Crippen molar-refractivity contribution in [1.82, 2.24) is 4.57 Å². The monoisotopic (exact) mass is 489 g/mol. The van der Waals surface area contributed by atoms with Gasteiger partial charge >= 0.3 is 0 Å². The fourth-order valence-electron chi connectivity index (χ4n) is 5.66. The molecule has 3 aliphatic rings. The molecule has 0 aliphatic heterocycles. The largest absolute Gasteiger partial charge is 0.310 e. The van der Waals surface area contributed by atoms with Crippen molar-refractivity contribution in [1.29, 1.82) is 0 Å². The number of allylic oxidation sites excluding steroid dienone is 6. The molecule has 1 heteroatoms. The van der Waals surface area contributed by atoms with Crippen LogP contribution >= 0.6 is 0 Å². The minimum Gasteiger partial charge on any atom is -0.310 e. The second-order valence-electron chi connectivity index (χ2n) is 10.1. The van der Waals surface area contributed by atoms with Crippen molar-refractivity contribution in [2.24, 2.45) is 0 Å². The van der Waals surface area contributed by atoms with Crippen LogP contribution in [0.2, 0.25) is 0 Å². The van der Waals surface area contributed by atoms with Gasteiger partial charge in [-0.2, -0.15) is 0 Å². The fraction of sp³-hybridized carbons (Fsp3) is 0.333. The van der Waals surface area contributed by atoms with Crippen molar-refractivity contribution in [3.63, 3.8) is 0 Å². The van der Waals surface area contributed by atoms with E-state index in [2.05, 4.69) is 110 Å². The molecule has 37 heavy (non-hydrogen) atoms. The number of benzene rings is 2. The van der Waals surface area contributed by atoms with E-state index in [1.54, 1.807) is 0 Å². The molecule has 0 saturated heterocycles. The van der Waals surface area contributed by atoms with Crippen molar-refractivity contribution >= 4 is 40.9 Å². The van der Waals surface area contributed by atoms with Gasteiger partial charge in [0, 0.05) is 27.1 Å². The van der Waals surface area contributed by atoms with Gasteiger partial charge in [0.15, 0.2) is 0 Å². The Morgan fingerprint density at radius 2 is 1.59 bits per heavy atom. The lowest BCUT2D eigenvalue weighted by atomic mass is 9.74. The van der Waals surface area contributed by atoms with E-state index >= 15 is 0 Å². The van der Waals surface area contributed by atoms with Crippen LogP contribution in [0.15, 0.2) is 66.3 Å². The first-order valence-corrected chi connectivity index (χ1v) is 14.3. The Hall–Kier alpha value is -3.32. The SMILES string of the molecule is CC.CC.C\C1=C/C(n2c3c(c4ccccc42)=CCCC=3)=C\C=C\c2cc3c(cc2C1(C)C)C=CCC3. The summed E-state index contributed by atoms with van der Waals surface area (Å²) in [7, 11) is 0. The van der Waals surface area contributed by atoms with Crippen molar-refractivity contribution in [2.45, 2.75) is 79.6 Å². The number of aromatic nitrogens is 1. The normalized spacial score (nSPS) is 20.5. The van der Waals surface area contributed by atoms with Crippen LogP contribution in [0.5, 0.6) is 0 Å². The third-order valence-electron chi connectivity index (χ3n) is 7.82. The zero-order chi connectivity index (χ0) is 26.6. The molecule has 6 rings (SSSR count). The van der Waals surface area contributed by atoms with Gasteiger partial charge in [0.25, 0.3) is 0 Å². The summed E-state index contributed by atoms with van der Waals surface area (Å²) in [6, 6.07) is 13.7. The fourth-order valence-corrected chi connectivity index (χ4v) is 5.66. The average molecular weight is 490 g/mol. The van der Waals surface area contributed by atoms with E-state index < -0.39 is 0 Å². The van der Waals surface area contributed by atoms with Crippen LogP contribution in [0.25, 0.3) is 40.9 Å². The first kappa shape index (κ1) is 26.7. The number of aryl methyl sites for hydroxylation is 1. The second kappa shape index (κ2) is 11.4. The van der Waals surface area contributed by atoms with E-state index in [1.807, 2.05) is 27.7 Å². The van der Waals surface area contributed by atoms with Crippen LogP contribution in [-0.2, 0) is 11.8 Å². The first-order chi connectivity index (χ1) is 18.0. The van der Waals surface area contributed by atoms with Gasteiger partial charge in [-0.25, -0.2) is 0 Å². The van der Waals surface area contributed by atoms with Gasteiger partial charge in [0.05, 0.1) is 5.52 Å². The Morgan fingerprint density at radius 1 is 0.838 bits per heavy atom. The van der Waals surface area contributed by atoms with Gasteiger partial charge in [0.1, 0.15) is 0 Å². The maximum Gasteiger partial charge on any atom is 0.0540 e. The third kappa shape index (κ3) is 4.85. The topological polar surface area (TPSA) is 4.93 Å². The predicted octanol–water partition coefficient (Wildman–Crippen LogP) is 8.80. The molecule has 0 amide bonds. The van der Waals surface area contributed by atoms with Crippen LogP contribution in [0.1, 0.15) is 90.0 Å². The van der Waals surface area contributed by atoms with E-state index in [0.717, 1.165) is 25.7 Å². The molecule has 1 nitrogen and oxygen atoms in total. The number of rotatable bonds is 1. The maximum atomic E-state index is 2.47. The molecular weight excluding hydrogens is 446 g/mol. The van der Waals surface area contributed by atoms with Gasteiger partial charge in [-0.3, -0.25) is 0 Å². The highest BCUT2D eigenvalue weighted by Crippen LogP contribution is 2.38. The van der Waals surface area contributed by atoms with E-state index in [9.17, 15) is 0 Å². The molecule has 0 N–H and O–H groups in total. The molecule has 192 valence electrons. The standard InChI is InChI=1S/C32H31N.2C2H6/c1-22-19-26(33-30-17-8-6-15-27(30)28-16-7-9-18-31(28)33)14-10-13-25-20-23-11-4-5-12-24(23)21-29(25)32(22,2)3;2*1-2/h5-6,8,10,12-21H,4,7,9,11H2,1-3H3;2*1-2H3/b13-10+,22-19+,26-14+;;. The molecule has 3 aliphatic carbocycles. The zero-order valence-electron chi connectivity index (χ0n) is 23.9. The number of para-hydroxylation sites is 1. The van der Waals surface area contributed by atoms with E-state index in [-0.39, 0.29) is 5.41 Å². The Labute approximate surface area is 223 Å². The lowest BCUT2D eigenvalue weighted by molar-refractivity contribution is 0.621. The lowest BCUT2D eigenvalue weighted by Crippen LogP contribution is -2.30. The van der Waals surface area contributed by atoms with Crippen LogP contribution in [0, 0.1) is 0 Å². The third-order valence-corrected chi connectivity index (χ3v) is 7.82. The molecule has 1 heterocycles. The Balaban J connectivity index is 0.000000765. The van der Waals surface area contributed by atoms with E-state index in [4.69, 9.17) is 0 Å². The van der Waals surface area contributed by atoms with E-state index in [1.165, 1.54) is 55.0 Å². The lowest BCUT2D eigenvalue weighted by Gasteiger charge is -2.30. The molecule has 0 radical (unpaired) electrons. The molecule has 0 spiro atoms. The molecule has 0 saturated carbocycles. The predicted molar refractivity (Wildman–Crippen MR) is 166 cm³/mol. The Bertz CT molecular complexity index is 1530. The quantitative estimate of drug-likeness (QED) is 0.322. The summed E-state index contributed by atoms with van der Waals surface area (Å²) in [5.74, 6) is 0. The minimum absolute atomic E-state index is 0.0672. The van der Waals surface area contributed by atoms with Gasteiger partial charge in [0.2, 0.25) is 0 Å². The maximum absolute atomic E-state index is 2.47. The molecule has 3 aromatic rings.